The maximum Gasteiger partial charge on any atom is 0.266 e. The van der Waals surface area contributed by atoms with Gasteiger partial charge in [-0.1, -0.05) is 6.58 Å². The molecule has 2 amide bonds. The molecule has 4 N–H and O–H groups in total. The molecule has 27 heavy (non-hydrogen) atoms. The van der Waals surface area contributed by atoms with Crippen LogP contribution in [0.2, 0.25) is 0 Å². The number of nitrogens with zero attached hydrogens (tertiary/aromatic N) is 2. The molecule has 0 radical (unpaired) electrons. The van der Waals surface area contributed by atoms with Gasteiger partial charge in [0.15, 0.2) is 0 Å². The van der Waals surface area contributed by atoms with Crippen molar-refractivity contribution in [2.75, 3.05) is 0 Å². The second-order valence-corrected chi connectivity index (χ2v) is 5.69. The molecular formula is C19H16FN5O2. The van der Waals surface area contributed by atoms with Gasteiger partial charge in [-0.15, -0.1) is 0 Å². The van der Waals surface area contributed by atoms with Crippen LogP contribution in [0.4, 0.5) is 4.39 Å². The Balaban J connectivity index is 2.04. The molecule has 0 saturated heterocycles. The number of pyridine rings is 1. The standard InChI is InChI=1S/C19H16FN5O2/c1-2-18(26)23-10-12-9-22-15(11-3-5-13(20)6-4-11)7-14(12)16-8-17(19(21)27)25-24-16/h2-9H,1,10H2,(H2,21,27)(H,23,26)(H,24,25). The van der Waals surface area contributed by atoms with Gasteiger partial charge in [-0.3, -0.25) is 19.7 Å². The van der Waals surface area contributed by atoms with E-state index in [4.69, 9.17) is 5.73 Å². The summed E-state index contributed by atoms with van der Waals surface area (Å²) >= 11 is 0. The summed E-state index contributed by atoms with van der Waals surface area (Å²) in [5.41, 5.74) is 8.53. The number of primary amides is 1. The zero-order valence-corrected chi connectivity index (χ0v) is 14.2. The Kier molecular flexibility index (Phi) is 5.07. The second-order valence-electron chi connectivity index (χ2n) is 5.69. The van der Waals surface area contributed by atoms with Crippen LogP contribution >= 0.6 is 0 Å². The molecule has 0 atom stereocenters. The highest BCUT2D eigenvalue weighted by molar-refractivity contribution is 5.92. The van der Waals surface area contributed by atoms with Crippen LogP contribution in [-0.4, -0.2) is 27.0 Å². The van der Waals surface area contributed by atoms with Crippen LogP contribution in [0.15, 0.2) is 55.3 Å². The summed E-state index contributed by atoms with van der Waals surface area (Å²) < 4.78 is 13.2. The number of carbonyl (C=O) groups is 2. The number of hydrogen-bond donors (Lipinski definition) is 3. The zero-order valence-electron chi connectivity index (χ0n) is 14.2. The summed E-state index contributed by atoms with van der Waals surface area (Å²) in [5, 5.41) is 9.37. The molecule has 7 nitrogen and oxygen atoms in total. The van der Waals surface area contributed by atoms with Crippen molar-refractivity contribution in [2.24, 2.45) is 5.73 Å². The predicted molar refractivity (Wildman–Crippen MR) is 97.8 cm³/mol. The van der Waals surface area contributed by atoms with Gasteiger partial charge < -0.3 is 11.1 Å². The number of aromatic amines is 1. The molecule has 1 aromatic carbocycles. The van der Waals surface area contributed by atoms with E-state index in [9.17, 15) is 14.0 Å². The third kappa shape index (κ3) is 4.06. The topological polar surface area (TPSA) is 114 Å². The van der Waals surface area contributed by atoms with Crippen LogP contribution in [-0.2, 0) is 11.3 Å². The molecule has 0 saturated carbocycles. The van der Waals surface area contributed by atoms with Gasteiger partial charge in [-0.05, 0) is 48.0 Å². The fourth-order valence-corrected chi connectivity index (χ4v) is 2.48. The number of nitrogens with two attached hydrogens (primary N) is 1. The van der Waals surface area contributed by atoms with E-state index >= 15 is 0 Å². The molecule has 0 unspecified atom stereocenters. The summed E-state index contributed by atoms with van der Waals surface area (Å²) in [4.78, 5) is 27.2. The number of amides is 2. The predicted octanol–water partition coefficient (Wildman–Crippen LogP) is 2.18. The van der Waals surface area contributed by atoms with Gasteiger partial charge in [-0.25, -0.2) is 4.39 Å². The van der Waals surface area contributed by atoms with Crippen molar-refractivity contribution in [3.8, 4) is 22.5 Å². The lowest BCUT2D eigenvalue weighted by molar-refractivity contribution is -0.116. The van der Waals surface area contributed by atoms with Gasteiger partial charge in [0, 0.05) is 23.9 Å². The van der Waals surface area contributed by atoms with Crippen LogP contribution < -0.4 is 11.1 Å². The Morgan fingerprint density at radius 2 is 1.96 bits per heavy atom. The molecule has 0 aliphatic rings. The van der Waals surface area contributed by atoms with Gasteiger partial charge in [-0.2, -0.15) is 5.10 Å². The first kappa shape index (κ1) is 18.0. The highest BCUT2D eigenvalue weighted by Gasteiger charge is 2.14. The summed E-state index contributed by atoms with van der Waals surface area (Å²) in [6, 6.07) is 9.18. The quantitative estimate of drug-likeness (QED) is 0.581. The fourth-order valence-electron chi connectivity index (χ4n) is 2.48. The van der Waals surface area contributed by atoms with Gasteiger partial charge in [0.1, 0.15) is 11.5 Å². The van der Waals surface area contributed by atoms with Crippen molar-refractivity contribution < 1.29 is 14.0 Å². The second kappa shape index (κ2) is 7.61. The van der Waals surface area contributed by atoms with Gasteiger partial charge >= 0.3 is 0 Å². The Labute approximate surface area is 154 Å². The lowest BCUT2D eigenvalue weighted by atomic mass is 10.0. The van der Waals surface area contributed by atoms with Crippen LogP contribution in [0.5, 0.6) is 0 Å². The van der Waals surface area contributed by atoms with Crippen molar-refractivity contribution in [2.45, 2.75) is 6.54 Å². The van der Waals surface area contributed by atoms with Crippen molar-refractivity contribution in [3.05, 3.63) is 72.3 Å². The molecular weight excluding hydrogens is 349 g/mol. The minimum Gasteiger partial charge on any atom is -0.364 e. The van der Waals surface area contributed by atoms with Crippen LogP contribution in [0.25, 0.3) is 22.5 Å². The molecule has 8 heteroatoms. The number of rotatable bonds is 6. The molecule has 2 aromatic heterocycles. The van der Waals surface area contributed by atoms with Gasteiger partial charge in [0.05, 0.1) is 11.4 Å². The van der Waals surface area contributed by atoms with E-state index in [2.05, 4.69) is 27.1 Å². The first-order chi connectivity index (χ1) is 13.0. The molecule has 0 spiro atoms. The van der Waals surface area contributed by atoms with Crippen LogP contribution in [0.1, 0.15) is 16.1 Å². The van der Waals surface area contributed by atoms with Gasteiger partial charge in [0.2, 0.25) is 5.91 Å². The van der Waals surface area contributed by atoms with Crippen LogP contribution in [0, 0.1) is 5.82 Å². The van der Waals surface area contributed by atoms with E-state index in [1.807, 2.05) is 0 Å². The summed E-state index contributed by atoms with van der Waals surface area (Å²) in [7, 11) is 0. The number of hydrogen-bond acceptors (Lipinski definition) is 4. The van der Waals surface area contributed by atoms with E-state index in [0.717, 1.165) is 0 Å². The third-order valence-corrected chi connectivity index (χ3v) is 3.88. The van der Waals surface area contributed by atoms with E-state index in [-0.39, 0.29) is 24.0 Å². The maximum atomic E-state index is 13.2. The molecule has 2 heterocycles. The van der Waals surface area contributed by atoms with Crippen molar-refractivity contribution in [3.63, 3.8) is 0 Å². The molecule has 0 aliphatic heterocycles. The smallest absolute Gasteiger partial charge is 0.266 e. The molecule has 136 valence electrons. The van der Waals surface area contributed by atoms with Crippen molar-refractivity contribution in [1.29, 1.82) is 0 Å². The highest BCUT2D eigenvalue weighted by atomic mass is 19.1. The monoisotopic (exact) mass is 365 g/mol. The Morgan fingerprint density at radius 1 is 1.22 bits per heavy atom. The largest absolute Gasteiger partial charge is 0.364 e. The van der Waals surface area contributed by atoms with E-state index in [1.54, 1.807) is 24.4 Å². The number of H-pyrrole nitrogens is 1. The molecule has 0 fully saturated rings. The van der Waals surface area contributed by atoms with Crippen molar-refractivity contribution in [1.82, 2.24) is 20.5 Å². The summed E-state index contributed by atoms with van der Waals surface area (Å²) in [5.74, 6) is -1.31. The number of halogens is 1. The minimum atomic E-state index is -0.636. The maximum absolute atomic E-state index is 13.2. The normalized spacial score (nSPS) is 10.4. The number of carbonyl (C=O) groups excluding carboxylic acids is 2. The fraction of sp³-hybridized carbons (Fsp3) is 0.0526. The Hall–Kier alpha value is -3.81. The average molecular weight is 365 g/mol. The van der Waals surface area contributed by atoms with Crippen LogP contribution in [0.3, 0.4) is 0 Å². The molecule has 3 aromatic rings. The summed E-state index contributed by atoms with van der Waals surface area (Å²) in [6.07, 6.45) is 2.76. The molecule has 0 bridgehead atoms. The lowest BCUT2D eigenvalue weighted by Crippen LogP contribution is -2.20. The lowest BCUT2D eigenvalue weighted by Gasteiger charge is -2.10. The first-order valence-electron chi connectivity index (χ1n) is 7.98. The first-order valence-corrected chi connectivity index (χ1v) is 7.98. The zero-order chi connectivity index (χ0) is 19.4. The Bertz CT molecular complexity index is 1010. The van der Waals surface area contributed by atoms with Gasteiger partial charge in [0.25, 0.3) is 5.91 Å². The molecule has 0 aliphatic carbocycles. The third-order valence-electron chi connectivity index (χ3n) is 3.88. The number of aromatic nitrogens is 3. The SMILES string of the molecule is C=CC(=O)NCc1cnc(-c2ccc(F)cc2)cc1-c1cc(C(N)=O)[nH]n1. The minimum absolute atomic E-state index is 0.159. The Morgan fingerprint density at radius 3 is 2.59 bits per heavy atom. The average Bonchev–Trinajstić information content (AvgIpc) is 3.17. The highest BCUT2D eigenvalue weighted by Crippen LogP contribution is 2.27. The summed E-state index contributed by atoms with van der Waals surface area (Å²) in [6.45, 7) is 3.60. The number of nitrogens with one attached hydrogen (secondary N) is 2. The number of benzene rings is 1. The van der Waals surface area contributed by atoms with E-state index in [0.29, 0.717) is 28.1 Å². The van der Waals surface area contributed by atoms with E-state index < -0.39 is 5.91 Å². The van der Waals surface area contributed by atoms with Crippen molar-refractivity contribution >= 4 is 11.8 Å². The molecule has 3 rings (SSSR count). The van der Waals surface area contributed by atoms with E-state index in [1.165, 1.54) is 24.3 Å².